The molecule has 0 rings (SSSR count). The fourth-order valence-electron chi connectivity index (χ4n) is 0.853. The molecule has 1 unspecified atom stereocenters. The van der Waals surface area contributed by atoms with Crippen molar-refractivity contribution in [2.75, 3.05) is 13.2 Å². The predicted molar refractivity (Wildman–Crippen MR) is 47.9 cm³/mol. The fraction of sp³-hybridized carbons (Fsp3) is 0.875. The Hall–Kier alpha value is -0.820. The van der Waals surface area contributed by atoms with E-state index in [4.69, 9.17) is 11.5 Å². The molecule has 0 aromatic rings. The number of hydrogen-bond donors (Lipinski definition) is 2. The van der Waals surface area contributed by atoms with E-state index in [1.165, 1.54) is 6.92 Å². The van der Waals surface area contributed by atoms with Crippen molar-refractivity contribution in [3.8, 4) is 0 Å². The van der Waals surface area contributed by atoms with Gasteiger partial charge in [0, 0.05) is 6.61 Å². The van der Waals surface area contributed by atoms with Gasteiger partial charge in [-0.2, -0.15) is 13.2 Å². The second-order valence-corrected chi connectivity index (χ2v) is 3.55. The van der Waals surface area contributed by atoms with E-state index >= 15 is 0 Å². The highest BCUT2D eigenvalue weighted by Crippen LogP contribution is 2.15. The van der Waals surface area contributed by atoms with Gasteiger partial charge >= 0.3 is 6.18 Å². The van der Waals surface area contributed by atoms with Crippen LogP contribution >= 0.6 is 0 Å². The molecule has 0 aliphatic carbocycles. The summed E-state index contributed by atoms with van der Waals surface area (Å²) in [6.07, 6.45) is -3.87. The van der Waals surface area contributed by atoms with Crippen LogP contribution in [-0.2, 0) is 9.53 Å². The predicted octanol–water partition coefficient (Wildman–Crippen LogP) is 0.548. The summed E-state index contributed by atoms with van der Waals surface area (Å²) in [6, 6.07) is 0. The first-order valence-electron chi connectivity index (χ1n) is 4.38. The van der Waals surface area contributed by atoms with Crippen molar-refractivity contribution in [2.45, 2.75) is 31.5 Å². The molecule has 4 N–H and O–H groups in total. The van der Waals surface area contributed by atoms with Gasteiger partial charge in [-0.15, -0.1) is 0 Å². The number of amides is 1. The minimum atomic E-state index is -4.32. The van der Waals surface area contributed by atoms with Gasteiger partial charge in [0.05, 0.1) is 5.54 Å². The first-order chi connectivity index (χ1) is 6.65. The number of carbonyl (C=O) groups is 1. The average Bonchev–Trinajstić information content (AvgIpc) is 2.00. The molecule has 0 saturated carbocycles. The lowest BCUT2D eigenvalue weighted by Crippen LogP contribution is -2.49. The number of hydrogen-bond acceptors (Lipinski definition) is 3. The molecule has 0 aromatic carbocycles. The minimum absolute atomic E-state index is 0.0976. The van der Waals surface area contributed by atoms with Gasteiger partial charge in [-0.25, -0.2) is 0 Å². The summed E-state index contributed by atoms with van der Waals surface area (Å²) in [6.45, 7) is 0.0452. The van der Waals surface area contributed by atoms with Crippen molar-refractivity contribution < 1.29 is 22.7 Å². The first kappa shape index (κ1) is 14.2. The second-order valence-electron chi connectivity index (χ2n) is 3.55. The highest BCUT2D eigenvalue weighted by Gasteiger charge is 2.28. The summed E-state index contributed by atoms with van der Waals surface area (Å²) < 4.78 is 39.2. The lowest BCUT2D eigenvalue weighted by molar-refractivity contribution is -0.174. The number of nitrogens with two attached hydrogens (primary N) is 2. The number of rotatable bonds is 6. The van der Waals surface area contributed by atoms with Crippen LogP contribution in [0, 0.1) is 0 Å². The van der Waals surface area contributed by atoms with Gasteiger partial charge in [-0.1, -0.05) is 0 Å². The van der Waals surface area contributed by atoms with Gasteiger partial charge in [0.2, 0.25) is 5.91 Å². The van der Waals surface area contributed by atoms with Gasteiger partial charge in [-0.3, -0.25) is 4.79 Å². The third-order valence-corrected chi connectivity index (χ3v) is 1.81. The molecule has 4 nitrogen and oxygen atoms in total. The van der Waals surface area contributed by atoms with Crippen LogP contribution in [0.25, 0.3) is 0 Å². The van der Waals surface area contributed by atoms with E-state index in [2.05, 4.69) is 4.74 Å². The Labute approximate surface area is 85.7 Å². The highest BCUT2D eigenvalue weighted by atomic mass is 19.4. The van der Waals surface area contributed by atoms with Crippen molar-refractivity contribution in [3.05, 3.63) is 0 Å². The van der Waals surface area contributed by atoms with Crippen molar-refractivity contribution in [2.24, 2.45) is 11.5 Å². The summed E-state index contributed by atoms with van der Waals surface area (Å²) >= 11 is 0. The Morgan fingerprint density at radius 1 is 1.40 bits per heavy atom. The molecule has 0 aliphatic heterocycles. The van der Waals surface area contributed by atoms with Crippen LogP contribution in [0.3, 0.4) is 0 Å². The van der Waals surface area contributed by atoms with Gasteiger partial charge in [-0.05, 0) is 19.8 Å². The highest BCUT2D eigenvalue weighted by molar-refractivity contribution is 5.83. The quantitative estimate of drug-likeness (QED) is 0.651. The Morgan fingerprint density at radius 2 is 1.93 bits per heavy atom. The zero-order valence-electron chi connectivity index (χ0n) is 8.43. The van der Waals surface area contributed by atoms with Gasteiger partial charge in [0.1, 0.15) is 6.61 Å². The van der Waals surface area contributed by atoms with Crippen molar-refractivity contribution >= 4 is 5.91 Å². The van der Waals surface area contributed by atoms with E-state index in [-0.39, 0.29) is 19.4 Å². The smallest absolute Gasteiger partial charge is 0.372 e. The summed E-state index contributed by atoms with van der Waals surface area (Å²) in [7, 11) is 0. The molecule has 0 aromatic heterocycles. The zero-order chi connectivity index (χ0) is 12.1. The summed E-state index contributed by atoms with van der Waals surface area (Å²) in [5.41, 5.74) is 9.25. The fourth-order valence-corrected chi connectivity index (χ4v) is 0.853. The van der Waals surface area contributed by atoms with Crippen LogP contribution in [0.15, 0.2) is 0 Å². The second kappa shape index (κ2) is 5.32. The van der Waals surface area contributed by atoms with Crippen LogP contribution in [0.1, 0.15) is 19.8 Å². The third kappa shape index (κ3) is 7.15. The van der Waals surface area contributed by atoms with Gasteiger partial charge < -0.3 is 16.2 Å². The van der Waals surface area contributed by atoms with Crippen LogP contribution in [0.4, 0.5) is 13.2 Å². The molecule has 0 saturated heterocycles. The topological polar surface area (TPSA) is 78.3 Å². The van der Waals surface area contributed by atoms with E-state index in [9.17, 15) is 18.0 Å². The molecule has 7 heteroatoms. The Kier molecular flexibility index (Phi) is 5.02. The molecule has 90 valence electrons. The molecule has 0 fully saturated rings. The van der Waals surface area contributed by atoms with Crippen LogP contribution < -0.4 is 11.5 Å². The maximum Gasteiger partial charge on any atom is 0.411 e. The van der Waals surface area contributed by atoms with E-state index in [1.807, 2.05) is 0 Å². The normalized spacial score (nSPS) is 16.1. The van der Waals surface area contributed by atoms with Crippen molar-refractivity contribution in [1.29, 1.82) is 0 Å². The molecule has 15 heavy (non-hydrogen) atoms. The Morgan fingerprint density at radius 3 is 2.33 bits per heavy atom. The molecule has 0 aliphatic rings. The third-order valence-electron chi connectivity index (χ3n) is 1.81. The van der Waals surface area contributed by atoms with E-state index in [0.29, 0.717) is 0 Å². The molecule has 1 amide bonds. The number of carbonyl (C=O) groups excluding carboxylic acids is 1. The largest absolute Gasteiger partial charge is 0.411 e. The molecular weight excluding hydrogens is 213 g/mol. The number of alkyl halides is 3. The SMILES string of the molecule is CC(N)(CCCOCC(F)(F)F)C(N)=O. The average molecular weight is 228 g/mol. The first-order valence-corrected chi connectivity index (χ1v) is 4.38. The standard InChI is InChI=1S/C8H15F3N2O2/c1-7(13,6(12)14)3-2-4-15-5-8(9,10)11/h2-5,13H2,1H3,(H2,12,14). The Balaban J connectivity index is 3.60. The molecule has 0 radical (unpaired) electrons. The summed E-state index contributed by atoms with van der Waals surface area (Å²) in [5.74, 6) is -0.682. The number of ether oxygens (including phenoxy) is 1. The lowest BCUT2D eigenvalue weighted by atomic mass is 9.97. The maximum absolute atomic E-state index is 11.6. The Bertz CT molecular complexity index is 216. The van der Waals surface area contributed by atoms with E-state index in [1.54, 1.807) is 0 Å². The van der Waals surface area contributed by atoms with Crippen LogP contribution in [0.5, 0.6) is 0 Å². The zero-order valence-corrected chi connectivity index (χ0v) is 8.43. The van der Waals surface area contributed by atoms with Crippen molar-refractivity contribution in [3.63, 3.8) is 0 Å². The number of halogens is 3. The molecule has 0 bridgehead atoms. The van der Waals surface area contributed by atoms with E-state index < -0.39 is 24.2 Å². The maximum atomic E-state index is 11.6. The van der Waals surface area contributed by atoms with Crippen molar-refractivity contribution in [1.82, 2.24) is 0 Å². The van der Waals surface area contributed by atoms with Crippen LogP contribution in [0.2, 0.25) is 0 Å². The van der Waals surface area contributed by atoms with Gasteiger partial charge in [0.25, 0.3) is 0 Å². The number of primary amides is 1. The summed E-state index contributed by atoms with van der Waals surface area (Å²) in [4.78, 5) is 10.7. The van der Waals surface area contributed by atoms with E-state index in [0.717, 1.165) is 0 Å². The lowest BCUT2D eigenvalue weighted by Gasteiger charge is -2.19. The molecule has 0 heterocycles. The summed E-state index contributed by atoms with van der Waals surface area (Å²) in [5, 5.41) is 0. The molecular formula is C8H15F3N2O2. The van der Waals surface area contributed by atoms with Crippen LogP contribution in [-0.4, -0.2) is 30.8 Å². The minimum Gasteiger partial charge on any atom is -0.372 e. The molecule has 1 atom stereocenters. The van der Waals surface area contributed by atoms with Gasteiger partial charge in [0.15, 0.2) is 0 Å². The molecule has 0 spiro atoms. The monoisotopic (exact) mass is 228 g/mol.